The lowest BCUT2D eigenvalue weighted by Crippen LogP contribution is -2.04. The normalized spacial score (nSPS) is 10.8. The summed E-state index contributed by atoms with van der Waals surface area (Å²) >= 11 is 3.40. The van der Waals surface area contributed by atoms with Gasteiger partial charge in [0.05, 0.1) is 19.8 Å². The smallest absolute Gasteiger partial charge is 0.250 e. The quantitative estimate of drug-likeness (QED) is 0.448. The third-order valence-corrected chi connectivity index (χ3v) is 4.48. The van der Waals surface area contributed by atoms with E-state index < -0.39 is 0 Å². The van der Waals surface area contributed by atoms with Crippen LogP contribution in [0.5, 0.6) is 11.5 Å². The number of halogens is 1. The Labute approximate surface area is 168 Å². The van der Waals surface area contributed by atoms with E-state index in [-0.39, 0.29) is 6.54 Å². The van der Waals surface area contributed by atoms with Gasteiger partial charge in [0, 0.05) is 16.1 Å². The lowest BCUT2D eigenvalue weighted by Gasteiger charge is -2.07. The molecule has 0 aliphatic rings. The number of hydrogen-bond donors (Lipinski definition) is 0. The topological polar surface area (TPSA) is 101 Å². The molecule has 0 N–H and O–H groups in total. The highest BCUT2D eigenvalue weighted by Gasteiger charge is 2.16. The molecule has 4 rings (SSSR count). The average Bonchev–Trinajstić information content (AvgIpc) is 3.38. The molecule has 10 heteroatoms. The molecular weight excluding hydrogens is 428 g/mol. The van der Waals surface area contributed by atoms with Crippen molar-refractivity contribution in [3.05, 3.63) is 52.8 Å². The Kier molecular flexibility index (Phi) is 5.02. The number of nitrogens with zero attached hydrogens (tertiary/aromatic N) is 6. The van der Waals surface area contributed by atoms with Crippen molar-refractivity contribution >= 4 is 15.9 Å². The van der Waals surface area contributed by atoms with E-state index in [0.717, 1.165) is 10.0 Å². The molecule has 0 radical (unpaired) electrons. The van der Waals surface area contributed by atoms with Crippen molar-refractivity contribution in [2.75, 3.05) is 14.2 Å². The van der Waals surface area contributed by atoms with E-state index in [1.54, 1.807) is 26.4 Å². The van der Waals surface area contributed by atoms with Gasteiger partial charge in [-0.3, -0.25) is 0 Å². The fourth-order valence-corrected chi connectivity index (χ4v) is 2.82. The maximum atomic E-state index is 5.39. The first kappa shape index (κ1) is 18.1. The molecule has 0 bridgehead atoms. The second kappa shape index (κ2) is 7.77. The first-order chi connectivity index (χ1) is 13.7. The number of hydrogen-bond acceptors (Lipinski definition) is 8. The molecule has 0 aliphatic heterocycles. The number of ether oxygens (including phenoxy) is 2. The second-order valence-electron chi connectivity index (χ2n) is 5.73. The Morgan fingerprint density at radius 1 is 1.04 bits per heavy atom. The van der Waals surface area contributed by atoms with Gasteiger partial charge in [-0.2, -0.15) is 9.78 Å². The van der Waals surface area contributed by atoms with Gasteiger partial charge >= 0.3 is 0 Å². The molecule has 2 aromatic carbocycles. The van der Waals surface area contributed by atoms with E-state index >= 15 is 0 Å². The van der Waals surface area contributed by atoms with Crippen molar-refractivity contribution in [3.8, 4) is 34.3 Å². The second-order valence-corrected chi connectivity index (χ2v) is 6.64. The van der Waals surface area contributed by atoms with Gasteiger partial charge in [-0.05, 0) is 41.6 Å². The Hall–Kier alpha value is -3.27. The third kappa shape index (κ3) is 3.72. The molecule has 0 fully saturated rings. The summed E-state index contributed by atoms with van der Waals surface area (Å²) in [7, 11) is 3.16. The van der Waals surface area contributed by atoms with Crippen LogP contribution in [0.3, 0.4) is 0 Å². The van der Waals surface area contributed by atoms with Gasteiger partial charge in [-0.15, -0.1) is 10.2 Å². The standard InChI is InChI=1S/C18H15BrN6O3/c1-26-13-7-8-14(15(9-13)27-2)18-20-16(28-23-18)10-25-22-17(21-24-25)11-3-5-12(19)6-4-11/h3-9H,10H2,1-2H3. The minimum atomic E-state index is 0.203. The van der Waals surface area contributed by atoms with E-state index in [2.05, 4.69) is 41.5 Å². The number of aromatic nitrogens is 6. The van der Waals surface area contributed by atoms with Crippen LogP contribution in [0.25, 0.3) is 22.8 Å². The first-order valence-corrected chi connectivity index (χ1v) is 9.04. The van der Waals surface area contributed by atoms with E-state index in [9.17, 15) is 0 Å². The SMILES string of the molecule is COc1ccc(-c2noc(Cn3nnc(-c4ccc(Br)cc4)n3)n2)c(OC)c1. The van der Waals surface area contributed by atoms with E-state index in [1.807, 2.05) is 30.3 Å². The fourth-order valence-electron chi connectivity index (χ4n) is 2.56. The molecule has 0 spiro atoms. The first-order valence-electron chi connectivity index (χ1n) is 8.25. The summed E-state index contributed by atoms with van der Waals surface area (Å²) in [5.41, 5.74) is 1.56. The highest BCUT2D eigenvalue weighted by atomic mass is 79.9. The Bertz CT molecular complexity index is 1090. The predicted octanol–water partition coefficient (Wildman–Crippen LogP) is 3.22. The molecule has 0 aliphatic carbocycles. The molecule has 142 valence electrons. The zero-order chi connectivity index (χ0) is 19.5. The summed E-state index contributed by atoms with van der Waals surface area (Å²) in [4.78, 5) is 5.80. The maximum Gasteiger partial charge on any atom is 0.250 e. The van der Waals surface area contributed by atoms with Crippen LogP contribution in [0.1, 0.15) is 5.89 Å². The summed E-state index contributed by atoms with van der Waals surface area (Å²) < 4.78 is 16.9. The van der Waals surface area contributed by atoms with Crippen LogP contribution in [-0.2, 0) is 6.54 Å². The van der Waals surface area contributed by atoms with Crippen molar-refractivity contribution in [1.29, 1.82) is 0 Å². The monoisotopic (exact) mass is 442 g/mol. The van der Waals surface area contributed by atoms with E-state index in [4.69, 9.17) is 14.0 Å². The van der Waals surface area contributed by atoms with Crippen LogP contribution < -0.4 is 9.47 Å². The van der Waals surface area contributed by atoms with Crippen molar-refractivity contribution in [2.24, 2.45) is 0 Å². The third-order valence-electron chi connectivity index (χ3n) is 3.95. The molecule has 0 amide bonds. The Morgan fingerprint density at radius 2 is 1.86 bits per heavy atom. The summed E-state index contributed by atoms with van der Waals surface area (Å²) in [6.07, 6.45) is 0. The van der Waals surface area contributed by atoms with E-state index in [0.29, 0.717) is 34.6 Å². The number of benzene rings is 2. The van der Waals surface area contributed by atoms with Gasteiger partial charge in [0.15, 0.2) is 0 Å². The molecular formula is C18H15BrN6O3. The highest BCUT2D eigenvalue weighted by molar-refractivity contribution is 9.10. The molecule has 0 unspecified atom stereocenters. The summed E-state index contributed by atoms with van der Waals surface area (Å²) in [6, 6.07) is 13.0. The lowest BCUT2D eigenvalue weighted by atomic mass is 10.2. The average molecular weight is 443 g/mol. The Morgan fingerprint density at radius 3 is 2.61 bits per heavy atom. The van der Waals surface area contributed by atoms with Gasteiger partial charge < -0.3 is 14.0 Å². The van der Waals surface area contributed by atoms with Gasteiger partial charge in [0.25, 0.3) is 5.89 Å². The number of tetrazole rings is 1. The van der Waals surface area contributed by atoms with Crippen LogP contribution in [0.15, 0.2) is 51.5 Å². The van der Waals surface area contributed by atoms with Gasteiger partial charge in [-0.25, -0.2) is 0 Å². The largest absolute Gasteiger partial charge is 0.497 e. The predicted molar refractivity (Wildman–Crippen MR) is 103 cm³/mol. The van der Waals surface area contributed by atoms with Crippen molar-refractivity contribution < 1.29 is 14.0 Å². The molecule has 0 saturated heterocycles. The Balaban J connectivity index is 1.54. The van der Waals surface area contributed by atoms with Gasteiger partial charge in [0.2, 0.25) is 11.6 Å². The maximum absolute atomic E-state index is 5.39. The molecule has 2 heterocycles. The van der Waals surface area contributed by atoms with Crippen LogP contribution >= 0.6 is 15.9 Å². The molecule has 4 aromatic rings. The van der Waals surface area contributed by atoms with Crippen molar-refractivity contribution in [3.63, 3.8) is 0 Å². The van der Waals surface area contributed by atoms with E-state index in [1.165, 1.54) is 4.80 Å². The fraction of sp³-hybridized carbons (Fsp3) is 0.167. The number of rotatable bonds is 6. The molecule has 0 atom stereocenters. The molecule has 9 nitrogen and oxygen atoms in total. The zero-order valence-electron chi connectivity index (χ0n) is 15.0. The minimum absolute atomic E-state index is 0.203. The van der Waals surface area contributed by atoms with Crippen LogP contribution in [0, 0.1) is 0 Å². The summed E-state index contributed by atoms with van der Waals surface area (Å²) in [6.45, 7) is 0.203. The number of methoxy groups -OCH3 is 2. The molecule has 0 saturated carbocycles. The van der Waals surface area contributed by atoms with Crippen LogP contribution in [0.4, 0.5) is 0 Å². The minimum Gasteiger partial charge on any atom is -0.497 e. The van der Waals surface area contributed by atoms with Gasteiger partial charge in [-0.1, -0.05) is 21.1 Å². The van der Waals surface area contributed by atoms with Crippen molar-refractivity contribution in [2.45, 2.75) is 6.54 Å². The lowest BCUT2D eigenvalue weighted by molar-refractivity contribution is 0.356. The van der Waals surface area contributed by atoms with Crippen LogP contribution in [0.2, 0.25) is 0 Å². The van der Waals surface area contributed by atoms with Gasteiger partial charge in [0.1, 0.15) is 18.0 Å². The highest BCUT2D eigenvalue weighted by Crippen LogP contribution is 2.31. The summed E-state index contributed by atoms with van der Waals surface area (Å²) in [5.74, 6) is 2.54. The van der Waals surface area contributed by atoms with Crippen LogP contribution in [-0.4, -0.2) is 44.6 Å². The zero-order valence-corrected chi connectivity index (χ0v) is 16.6. The molecule has 2 aromatic heterocycles. The van der Waals surface area contributed by atoms with Crippen molar-refractivity contribution in [1.82, 2.24) is 30.3 Å². The summed E-state index contributed by atoms with van der Waals surface area (Å²) in [5, 5.41) is 16.5. The molecule has 28 heavy (non-hydrogen) atoms.